The maximum Gasteiger partial charge on any atom is 0.322 e. The molecular formula is C38H63NO5. The van der Waals surface area contributed by atoms with Crippen LogP contribution < -0.4 is 5.32 Å². The summed E-state index contributed by atoms with van der Waals surface area (Å²) in [5.41, 5.74) is 0.0603. The number of carbonyl (C=O) groups excluding carboxylic acids is 2. The van der Waals surface area contributed by atoms with Crippen LogP contribution in [0.4, 0.5) is 0 Å². The van der Waals surface area contributed by atoms with Crippen LogP contribution in [0.5, 0.6) is 0 Å². The summed E-state index contributed by atoms with van der Waals surface area (Å²) in [4.78, 5) is 38.1. The lowest BCUT2D eigenvalue weighted by Crippen LogP contribution is -2.67. The number of esters is 1. The number of unbranched alkanes of at least 4 members (excludes halogenated alkanes) is 2. The molecule has 1 amide bonds. The molecule has 0 aromatic carbocycles. The van der Waals surface area contributed by atoms with Gasteiger partial charge in [-0.25, -0.2) is 0 Å². The largest absolute Gasteiger partial charge is 0.480 e. The van der Waals surface area contributed by atoms with Gasteiger partial charge in [-0.1, -0.05) is 68.2 Å². The van der Waals surface area contributed by atoms with E-state index in [4.69, 9.17) is 4.74 Å². The number of carboxylic acid groups (broad SMARTS) is 1. The Balaban J connectivity index is 1.42. The van der Waals surface area contributed by atoms with Gasteiger partial charge in [-0.05, 0) is 122 Å². The zero-order valence-corrected chi connectivity index (χ0v) is 29.2. The second-order valence-corrected chi connectivity index (χ2v) is 17.7. The summed E-state index contributed by atoms with van der Waals surface area (Å²) in [7, 11) is 0. The number of ether oxygens (including phenoxy) is 1. The van der Waals surface area contributed by atoms with Gasteiger partial charge in [-0.2, -0.15) is 0 Å². The van der Waals surface area contributed by atoms with E-state index in [1.165, 1.54) is 19.3 Å². The predicted molar refractivity (Wildman–Crippen MR) is 174 cm³/mol. The molecule has 6 heteroatoms. The number of hydrogen-bond donors (Lipinski definition) is 2. The number of fused-ring (bicyclic) bond motifs is 7. The average Bonchev–Trinajstić information content (AvgIpc) is 3.35. The molecule has 6 nitrogen and oxygen atoms in total. The minimum atomic E-state index is -0.965. The molecule has 0 aromatic rings. The molecule has 5 fully saturated rings. The normalized spacial score (nSPS) is 44.1. The Morgan fingerprint density at radius 1 is 0.841 bits per heavy atom. The lowest BCUT2D eigenvalue weighted by Gasteiger charge is -2.73. The standard InChI is InChI=1S/C38H63NO5/c1-9-10-11-12-31(42)44-29-17-18-35(6)27(34(29,4)5)16-19-37(8)28(35)14-13-26-32-25(24(2)3)15-20-38(32,22-21-36(26,37)7)33(43)39-23-30(40)41/h24-29,32H,9-23H2,1-8H3,(H,39,43)(H,40,41)/t25-,26?,27?,28?,29+,32?,35-,36+,37+,38-/m0/s1. The van der Waals surface area contributed by atoms with Gasteiger partial charge in [0.05, 0.1) is 5.41 Å². The van der Waals surface area contributed by atoms with Gasteiger partial charge >= 0.3 is 11.9 Å². The van der Waals surface area contributed by atoms with Crippen molar-refractivity contribution in [1.82, 2.24) is 5.32 Å². The minimum absolute atomic E-state index is 0.00218. The van der Waals surface area contributed by atoms with Crippen LogP contribution in [-0.2, 0) is 19.1 Å². The van der Waals surface area contributed by atoms with E-state index in [0.717, 1.165) is 64.2 Å². The zero-order chi connectivity index (χ0) is 32.3. The average molecular weight is 614 g/mol. The highest BCUT2D eigenvalue weighted by Crippen LogP contribution is 2.77. The van der Waals surface area contributed by atoms with Crippen molar-refractivity contribution < 1.29 is 24.2 Å². The van der Waals surface area contributed by atoms with Gasteiger partial charge in [-0.15, -0.1) is 0 Å². The predicted octanol–water partition coefficient (Wildman–Crippen LogP) is 8.42. The molecule has 10 atom stereocenters. The van der Waals surface area contributed by atoms with Crippen molar-refractivity contribution in [2.24, 2.45) is 62.6 Å². The lowest BCUT2D eigenvalue weighted by molar-refractivity contribution is -0.250. The van der Waals surface area contributed by atoms with Crippen molar-refractivity contribution in [2.75, 3.05) is 6.54 Å². The van der Waals surface area contributed by atoms with E-state index in [9.17, 15) is 19.5 Å². The van der Waals surface area contributed by atoms with Gasteiger partial charge in [0.25, 0.3) is 0 Å². The van der Waals surface area contributed by atoms with Crippen molar-refractivity contribution in [3.63, 3.8) is 0 Å². The van der Waals surface area contributed by atoms with Crippen molar-refractivity contribution in [3.8, 4) is 0 Å². The van der Waals surface area contributed by atoms with Gasteiger partial charge < -0.3 is 15.2 Å². The van der Waals surface area contributed by atoms with Gasteiger partial charge in [0.2, 0.25) is 5.91 Å². The second kappa shape index (κ2) is 11.9. The van der Waals surface area contributed by atoms with Crippen LogP contribution in [-0.4, -0.2) is 35.6 Å². The number of carbonyl (C=O) groups is 3. The molecule has 0 spiro atoms. The number of carboxylic acids is 1. The first-order valence-corrected chi connectivity index (χ1v) is 18.3. The first kappa shape index (κ1) is 33.8. The summed E-state index contributed by atoms with van der Waals surface area (Å²) in [6.07, 6.45) is 14.4. The molecule has 5 aliphatic carbocycles. The summed E-state index contributed by atoms with van der Waals surface area (Å²) in [6.45, 7) is 19.1. The number of amides is 1. The zero-order valence-electron chi connectivity index (χ0n) is 29.2. The fourth-order valence-electron chi connectivity index (χ4n) is 13.0. The third kappa shape index (κ3) is 5.06. The maximum absolute atomic E-state index is 13.9. The molecule has 0 saturated heterocycles. The molecule has 0 bridgehead atoms. The van der Waals surface area contributed by atoms with Crippen molar-refractivity contribution >= 4 is 17.8 Å². The molecule has 0 radical (unpaired) electrons. The molecule has 250 valence electrons. The van der Waals surface area contributed by atoms with Crippen LogP contribution in [0.15, 0.2) is 0 Å². The molecule has 0 heterocycles. The van der Waals surface area contributed by atoms with Crippen molar-refractivity contribution in [3.05, 3.63) is 0 Å². The van der Waals surface area contributed by atoms with Crippen LogP contribution >= 0.6 is 0 Å². The van der Waals surface area contributed by atoms with Crippen molar-refractivity contribution in [1.29, 1.82) is 0 Å². The van der Waals surface area contributed by atoms with E-state index < -0.39 is 11.4 Å². The molecule has 5 saturated carbocycles. The fourth-order valence-corrected chi connectivity index (χ4v) is 13.0. The third-order valence-corrected chi connectivity index (χ3v) is 15.4. The first-order chi connectivity index (χ1) is 20.6. The van der Waals surface area contributed by atoms with Crippen LogP contribution in [0.1, 0.15) is 145 Å². The lowest BCUT2D eigenvalue weighted by atomic mass is 9.32. The molecule has 0 aliphatic heterocycles. The van der Waals surface area contributed by atoms with E-state index >= 15 is 0 Å². The van der Waals surface area contributed by atoms with Crippen LogP contribution in [0.2, 0.25) is 0 Å². The fraction of sp³-hybridized carbons (Fsp3) is 0.921. The SMILES string of the molecule is CCCCCC(=O)O[C@@H]1CC[C@@]2(C)C(CC[C@]3(C)C2CCC2C4[C@H](C(C)C)CC[C@]4(C(=O)NCC(=O)O)CC[C@]23C)C1(C)C. The van der Waals surface area contributed by atoms with E-state index in [1.54, 1.807) is 0 Å². The molecular weight excluding hydrogens is 550 g/mol. The third-order valence-electron chi connectivity index (χ3n) is 15.4. The molecule has 4 unspecified atom stereocenters. The number of nitrogens with one attached hydrogen (secondary N) is 1. The van der Waals surface area contributed by atoms with Crippen LogP contribution in [0, 0.1) is 62.6 Å². The summed E-state index contributed by atoms with van der Waals surface area (Å²) < 4.78 is 6.25. The Morgan fingerprint density at radius 2 is 1.57 bits per heavy atom. The molecule has 5 rings (SSSR count). The Kier molecular flexibility index (Phi) is 9.12. The monoisotopic (exact) mass is 613 g/mol. The molecule has 0 aromatic heterocycles. The number of rotatable bonds is 9. The van der Waals surface area contributed by atoms with Crippen LogP contribution in [0.25, 0.3) is 0 Å². The van der Waals surface area contributed by atoms with Gasteiger partial charge in [-0.3, -0.25) is 14.4 Å². The summed E-state index contributed by atoms with van der Waals surface area (Å²) >= 11 is 0. The Bertz CT molecular complexity index is 1120. The van der Waals surface area contributed by atoms with E-state index in [0.29, 0.717) is 41.9 Å². The van der Waals surface area contributed by atoms with Crippen LogP contribution in [0.3, 0.4) is 0 Å². The highest BCUT2D eigenvalue weighted by atomic mass is 16.5. The van der Waals surface area contributed by atoms with Gasteiger partial charge in [0.1, 0.15) is 12.6 Å². The number of aliphatic carboxylic acids is 1. The van der Waals surface area contributed by atoms with E-state index in [-0.39, 0.29) is 46.2 Å². The smallest absolute Gasteiger partial charge is 0.322 e. The first-order valence-electron chi connectivity index (χ1n) is 18.3. The Morgan fingerprint density at radius 3 is 2.23 bits per heavy atom. The quantitative estimate of drug-likeness (QED) is 0.201. The minimum Gasteiger partial charge on any atom is -0.480 e. The molecule has 5 aliphatic rings. The summed E-state index contributed by atoms with van der Waals surface area (Å²) in [5.74, 6) is 1.98. The summed E-state index contributed by atoms with van der Waals surface area (Å²) in [6, 6.07) is 0. The highest BCUT2D eigenvalue weighted by Gasteiger charge is 2.72. The molecule has 44 heavy (non-hydrogen) atoms. The topological polar surface area (TPSA) is 92.7 Å². The van der Waals surface area contributed by atoms with Gasteiger partial charge in [0.15, 0.2) is 0 Å². The molecule has 2 N–H and O–H groups in total. The Labute approximate surface area is 267 Å². The second-order valence-electron chi connectivity index (χ2n) is 17.7. The number of hydrogen-bond acceptors (Lipinski definition) is 4. The van der Waals surface area contributed by atoms with Gasteiger partial charge in [0, 0.05) is 11.8 Å². The summed E-state index contributed by atoms with van der Waals surface area (Å²) in [5, 5.41) is 12.2. The highest BCUT2D eigenvalue weighted by molar-refractivity contribution is 5.86. The van der Waals surface area contributed by atoms with E-state index in [1.807, 2.05) is 0 Å². The maximum atomic E-state index is 13.9. The van der Waals surface area contributed by atoms with E-state index in [2.05, 4.69) is 60.7 Å². The van der Waals surface area contributed by atoms with Crippen molar-refractivity contribution in [2.45, 2.75) is 151 Å². The Hall–Kier alpha value is -1.59.